The van der Waals surface area contributed by atoms with Gasteiger partial charge >= 0.3 is 0 Å². The molecule has 90 valence electrons. The van der Waals surface area contributed by atoms with Gasteiger partial charge in [-0.05, 0) is 68.4 Å². The van der Waals surface area contributed by atoms with Gasteiger partial charge in [-0.3, -0.25) is 0 Å². The molecular formula is C14H18N2S. The number of rotatable bonds is 2. The molecule has 0 spiro atoms. The van der Waals surface area contributed by atoms with Crippen molar-refractivity contribution in [3.63, 3.8) is 0 Å². The summed E-state index contributed by atoms with van der Waals surface area (Å²) in [4.78, 5) is 0. The maximum atomic E-state index is 4.48. The van der Waals surface area contributed by atoms with Gasteiger partial charge in [-0.15, -0.1) is 0 Å². The first-order valence-electron chi connectivity index (χ1n) is 6.39. The molecule has 1 N–H and O–H groups in total. The predicted molar refractivity (Wildman–Crippen MR) is 73.7 cm³/mol. The molecule has 1 aromatic heterocycles. The molecule has 3 rings (SSSR count). The Hall–Kier alpha value is -0.930. The van der Waals surface area contributed by atoms with Gasteiger partial charge < -0.3 is 5.32 Å². The van der Waals surface area contributed by atoms with Crippen LogP contribution in [0.2, 0.25) is 0 Å². The molecule has 0 bridgehead atoms. The van der Waals surface area contributed by atoms with E-state index in [0.29, 0.717) is 0 Å². The Bertz CT molecular complexity index is 512. The minimum absolute atomic E-state index is 0.800. The van der Waals surface area contributed by atoms with Crippen molar-refractivity contribution in [2.45, 2.75) is 26.2 Å². The molecule has 1 saturated heterocycles. The maximum absolute atomic E-state index is 4.48. The third-order valence-electron chi connectivity index (χ3n) is 3.66. The van der Waals surface area contributed by atoms with Crippen molar-refractivity contribution in [2.75, 3.05) is 13.1 Å². The van der Waals surface area contributed by atoms with E-state index in [1.165, 1.54) is 53.7 Å². The van der Waals surface area contributed by atoms with Crippen LogP contribution in [0.1, 0.15) is 24.1 Å². The van der Waals surface area contributed by atoms with Gasteiger partial charge in [-0.2, -0.15) is 4.37 Å². The highest BCUT2D eigenvalue weighted by Crippen LogP contribution is 2.28. The summed E-state index contributed by atoms with van der Waals surface area (Å²) >= 11 is 1.62. The molecule has 17 heavy (non-hydrogen) atoms. The molecule has 2 nitrogen and oxygen atoms in total. The normalized spacial score (nSPS) is 20.9. The molecule has 2 heterocycles. The molecule has 0 saturated carbocycles. The largest absolute Gasteiger partial charge is 0.316 e. The highest BCUT2D eigenvalue weighted by Gasteiger charge is 2.16. The van der Waals surface area contributed by atoms with Crippen LogP contribution in [-0.4, -0.2) is 17.5 Å². The summed E-state index contributed by atoms with van der Waals surface area (Å²) in [6, 6.07) is 6.63. The number of aryl methyl sites for hydroxylation is 1. The Morgan fingerprint density at radius 1 is 1.47 bits per heavy atom. The van der Waals surface area contributed by atoms with Gasteiger partial charge in [0.25, 0.3) is 0 Å². The standard InChI is InChI=1S/C14H18N2S/c1-10-14-12(5-2-6-13(14)17-16-10)8-11-4-3-7-15-9-11/h2,5-6,11,15H,3-4,7-9H2,1H3. The number of nitrogens with zero attached hydrogens (tertiary/aromatic N) is 1. The average molecular weight is 246 g/mol. The van der Waals surface area contributed by atoms with Crippen molar-refractivity contribution >= 4 is 21.6 Å². The van der Waals surface area contributed by atoms with Gasteiger partial charge in [-0.25, -0.2) is 0 Å². The first kappa shape index (κ1) is 11.2. The van der Waals surface area contributed by atoms with E-state index in [1.54, 1.807) is 11.5 Å². The van der Waals surface area contributed by atoms with E-state index in [-0.39, 0.29) is 0 Å². The Balaban J connectivity index is 1.91. The zero-order valence-electron chi connectivity index (χ0n) is 10.2. The third-order valence-corrected chi connectivity index (χ3v) is 4.56. The van der Waals surface area contributed by atoms with Crippen molar-refractivity contribution in [2.24, 2.45) is 5.92 Å². The Labute approximate surface area is 106 Å². The van der Waals surface area contributed by atoms with Gasteiger partial charge in [0.1, 0.15) is 0 Å². The van der Waals surface area contributed by atoms with Crippen molar-refractivity contribution in [1.29, 1.82) is 0 Å². The van der Waals surface area contributed by atoms with Crippen molar-refractivity contribution in [1.82, 2.24) is 9.69 Å². The molecule has 1 atom stereocenters. The van der Waals surface area contributed by atoms with E-state index >= 15 is 0 Å². The molecule has 3 heteroatoms. The molecule has 2 aromatic rings. The molecule has 0 radical (unpaired) electrons. The van der Waals surface area contributed by atoms with Crippen LogP contribution in [-0.2, 0) is 6.42 Å². The van der Waals surface area contributed by atoms with Crippen LogP contribution in [0, 0.1) is 12.8 Å². The van der Waals surface area contributed by atoms with Crippen LogP contribution >= 0.6 is 11.5 Å². The number of nitrogens with one attached hydrogen (secondary N) is 1. The molecule has 1 unspecified atom stereocenters. The lowest BCUT2D eigenvalue weighted by molar-refractivity contribution is 0.377. The number of fused-ring (bicyclic) bond motifs is 1. The quantitative estimate of drug-likeness (QED) is 0.880. The Kier molecular flexibility index (Phi) is 3.12. The lowest BCUT2D eigenvalue weighted by Crippen LogP contribution is -2.30. The van der Waals surface area contributed by atoms with E-state index in [2.05, 4.69) is 34.8 Å². The maximum Gasteiger partial charge on any atom is 0.0592 e. The Morgan fingerprint density at radius 2 is 2.41 bits per heavy atom. The van der Waals surface area contributed by atoms with Gasteiger partial charge in [0, 0.05) is 5.39 Å². The van der Waals surface area contributed by atoms with Gasteiger partial charge in [0.05, 0.1) is 10.4 Å². The summed E-state index contributed by atoms with van der Waals surface area (Å²) in [6.45, 7) is 4.49. The summed E-state index contributed by atoms with van der Waals surface area (Å²) < 4.78 is 5.81. The van der Waals surface area contributed by atoms with Crippen LogP contribution < -0.4 is 5.32 Å². The first-order valence-corrected chi connectivity index (χ1v) is 7.16. The van der Waals surface area contributed by atoms with Crippen LogP contribution in [0.3, 0.4) is 0 Å². The minimum atomic E-state index is 0.800. The third kappa shape index (κ3) is 2.22. The highest BCUT2D eigenvalue weighted by atomic mass is 32.1. The molecule has 1 fully saturated rings. The Morgan fingerprint density at radius 3 is 3.24 bits per heavy atom. The smallest absolute Gasteiger partial charge is 0.0592 e. The highest BCUT2D eigenvalue weighted by molar-refractivity contribution is 7.13. The van der Waals surface area contributed by atoms with E-state index in [9.17, 15) is 0 Å². The number of aromatic nitrogens is 1. The van der Waals surface area contributed by atoms with Crippen molar-refractivity contribution in [3.05, 3.63) is 29.5 Å². The summed E-state index contributed by atoms with van der Waals surface area (Å²) in [5.74, 6) is 0.800. The van der Waals surface area contributed by atoms with Crippen molar-refractivity contribution in [3.8, 4) is 0 Å². The lowest BCUT2D eigenvalue weighted by Gasteiger charge is -2.23. The number of hydrogen-bond acceptors (Lipinski definition) is 3. The van der Waals surface area contributed by atoms with Crippen LogP contribution in [0.25, 0.3) is 10.1 Å². The fourth-order valence-corrected chi connectivity index (χ4v) is 3.64. The summed E-state index contributed by atoms with van der Waals surface area (Å²) in [5, 5.41) is 4.90. The van der Waals surface area contributed by atoms with Gasteiger partial charge in [0.15, 0.2) is 0 Å². The predicted octanol–water partition coefficient (Wildman–Crippen LogP) is 3.15. The number of benzene rings is 1. The fraction of sp³-hybridized carbons (Fsp3) is 0.500. The average Bonchev–Trinajstić information content (AvgIpc) is 2.74. The molecule has 0 amide bonds. The molecular weight excluding hydrogens is 228 g/mol. The number of piperidine rings is 1. The van der Waals surface area contributed by atoms with E-state index in [0.717, 1.165) is 5.92 Å². The monoisotopic (exact) mass is 246 g/mol. The zero-order chi connectivity index (χ0) is 11.7. The van der Waals surface area contributed by atoms with Gasteiger partial charge in [-0.1, -0.05) is 12.1 Å². The van der Waals surface area contributed by atoms with Crippen LogP contribution in [0.15, 0.2) is 18.2 Å². The second-order valence-corrected chi connectivity index (χ2v) is 5.78. The fourth-order valence-electron chi connectivity index (χ4n) is 2.81. The molecule has 1 aliphatic heterocycles. The van der Waals surface area contributed by atoms with E-state index < -0.39 is 0 Å². The van der Waals surface area contributed by atoms with E-state index in [4.69, 9.17) is 0 Å². The van der Waals surface area contributed by atoms with Gasteiger partial charge in [0.2, 0.25) is 0 Å². The van der Waals surface area contributed by atoms with Crippen LogP contribution in [0.5, 0.6) is 0 Å². The molecule has 1 aliphatic rings. The number of hydrogen-bond donors (Lipinski definition) is 1. The SMILES string of the molecule is Cc1nsc2cccc(CC3CCCNC3)c12. The topological polar surface area (TPSA) is 24.9 Å². The second kappa shape index (κ2) is 4.75. The molecule has 1 aromatic carbocycles. The second-order valence-electron chi connectivity index (χ2n) is 4.97. The summed E-state index contributed by atoms with van der Waals surface area (Å²) in [6.07, 6.45) is 3.88. The molecule has 0 aliphatic carbocycles. The minimum Gasteiger partial charge on any atom is -0.316 e. The van der Waals surface area contributed by atoms with Crippen LogP contribution in [0.4, 0.5) is 0 Å². The summed E-state index contributed by atoms with van der Waals surface area (Å²) in [7, 11) is 0. The summed E-state index contributed by atoms with van der Waals surface area (Å²) in [5.41, 5.74) is 2.69. The van der Waals surface area contributed by atoms with Crippen molar-refractivity contribution < 1.29 is 0 Å². The first-order chi connectivity index (χ1) is 8.34. The lowest BCUT2D eigenvalue weighted by atomic mass is 9.91. The zero-order valence-corrected chi connectivity index (χ0v) is 11.0. The van der Waals surface area contributed by atoms with E-state index in [1.807, 2.05) is 0 Å².